The molecule has 2 amide bonds. The second kappa shape index (κ2) is 9.82. The number of carbonyl (C=O) groups is 3. The van der Waals surface area contributed by atoms with Gasteiger partial charge in [-0.3, -0.25) is 4.79 Å². The molecule has 0 spiro atoms. The third-order valence-electron chi connectivity index (χ3n) is 3.83. The molecule has 7 nitrogen and oxygen atoms in total. The fourth-order valence-electron chi connectivity index (χ4n) is 2.52. The Labute approximate surface area is 184 Å². The van der Waals surface area contributed by atoms with Gasteiger partial charge >= 0.3 is 12.1 Å². The molecule has 0 saturated carbocycles. The van der Waals surface area contributed by atoms with Crippen molar-refractivity contribution in [2.24, 2.45) is 0 Å². The Morgan fingerprint density at radius 3 is 2.10 bits per heavy atom. The van der Waals surface area contributed by atoms with Crippen LogP contribution in [0.1, 0.15) is 31.1 Å². The number of carboxylic acids is 1. The summed E-state index contributed by atoms with van der Waals surface area (Å²) < 4.78 is 5.05. The van der Waals surface area contributed by atoms with E-state index in [4.69, 9.17) is 27.9 Å². The lowest BCUT2D eigenvalue weighted by molar-refractivity contribution is -0.139. The van der Waals surface area contributed by atoms with Gasteiger partial charge < -0.3 is 20.5 Å². The molecule has 2 aromatic rings. The van der Waals surface area contributed by atoms with Gasteiger partial charge in [0.1, 0.15) is 11.6 Å². The van der Waals surface area contributed by atoms with Gasteiger partial charge in [0.25, 0.3) is 5.91 Å². The SMILES string of the molecule is CC(C)(C)OC(=O)NC[C@H](NC(=O)c1c(Cl)cc(-c2ccccc2)cc1Cl)C(=O)O. The first-order valence-electron chi connectivity index (χ1n) is 9.03. The molecule has 9 heteroatoms. The molecule has 0 aliphatic carbocycles. The van der Waals surface area contributed by atoms with Gasteiger partial charge in [-0.15, -0.1) is 0 Å². The molecule has 2 aromatic carbocycles. The Balaban J connectivity index is 2.14. The minimum Gasteiger partial charge on any atom is -0.480 e. The highest BCUT2D eigenvalue weighted by Gasteiger charge is 2.25. The average Bonchev–Trinajstić information content (AvgIpc) is 2.63. The van der Waals surface area contributed by atoms with Crippen LogP contribution in [-0.4, -0.2) is 41.3 Å². The molecule has 30 heavy (non-hydrogen) atoms. The summed E-state index contributed by atoms with van der Waals surface area (Å²) in [5, 5.41) is 14.1. The summed E-state index contributed by atoms with van der Waals surface area (Å²) >= 11 is 12.5. The first kappa shape index (κ1) is 23.5. The van der Waals surface area contributed by atoms with Crippen LogP contribution in [0.25, 0.3) is 11.1 Å². The number of alkyl carbamates (subject to hydrolysis) is 1. The average molecular weight is 453 g/mol. The zero-order valence-electron chi connectivity index (χ0n) is 16.7. The van der Waals surface area contributed by atoms with Gasteiger partial charge in [-0.05, 0) is 44.0 Å². The minimum absolute atomic E-state index is 0.0541. The van der Waals surface area contributed by atoms with Crippen LogP contribution < -0.4 is 10.6 Å². The molecule has 0 aliphatic rings. The molecule has 0 heterocycles. The van der Waals surface area contributed by atoms with Gasteiger partial charge in [-0.1, -0.05) is 53.5 Å². The molecular weight excluding hydrogens is 431 g/mol. The van der Waals surface area contributed by atoms with Crippen LogP contribution in [0, 0.1) is 0 Å². The van der Waals surface area contributed by atoms with E-state index in [1.165, 1.54) is 0 Å². The molecule has 0 unspecified atom stereocenters. The van der Waals surface area contributed by atoms with Crippen molar-refractivity contribution in [2.45, 2.75) is 32.4 Å². The molecule has 1 atom stereocenters. The van der Waals surface area contributed by atoms with Gasteiger partial charge in [0.2, 0.25) is 0 Å². The number of hydrogen-bond acceptors (Lipinski definition) is 4. The Hall–Kier alpha value is -2.77. The molecule has 0 bridgehead atoms. The molecule has 3 N–H and O–H groups in total. The van der Waals surface area contributed by atoms with E-state index >= 15 is 0 Å². The van der Waals surface area contributed by atoms with Crippen LogP contribution in [0.3, 0.4) is 0 Å². The number of carbonyl (C=O) groups excluding carboxylic acids is 2. The topological polar surface area (TPSA) is 105 Å². The third kappa shape index (κ3) is 6.64. The quantitative estimate of drug-likeness (QED) is 0.603. The Morgan fingerprint density at radius 2 is 1.60 bits per heavy atom. The van der Waals surface area contributed by atoms with Gasteiger partial charge in [0.15, 0.2) is 0 Å². The number of nitrogens with one attached hydrogen (secondary N) is 2. The lowest BCUT2D eigenvalue weighted by Crippen LogP contribution is -2.49. The summed E-state index contributed by atoms with van der Waals surface area (Å²) in [6.07, 6.45) is -0.800. The fraction of sp³-hybridized carbons (Fsp3) is 0.286. The monoisotopic (exact) mass is 452 g/mol. The first-order valence-corrected chi connectivity index (χ1v) is 9.78. The van der Waals surface area contributed by atoms with Crippen molar-refractivity contribution in [3.63, 3.8) is 0 Å². The predicted octanol–water partition coefficient (Wildman–Crippen LogP) is 4.37. The number of amides is 2. The number of aliphatic carboxylic acids is 1. The van der Waals surface area contributed by atoms with Gasteiger partial charge in [0, 0.05) is 0 Å². The molecule has 0 aliphatic heterocycles. The van der Waals surface area contributed by atoms with E-state index in [1.54, 1.807) is 32.9 Å². The van der Waals surface area contributed by atoms with Crippen LogP contribution in [0.2, 0.25) is 10.0 Å². The highest BCUT2D eigenvalue weighted by molar-refractivity contribution is 6.40. The maximum Gasteiger partial charge on any atom is 0.407 e. The number of halogens is 2. The van der Waals surface area contributed by atoms with E-state index in [0.717, 1.165) is 5.56 Å². The van der Waals surface area contributed by atoms with Crippen LogP contribution >= 0.6 is 23.2 Å². The molecule has 0 radical (unpaired) electrons. The standard InChI is InChI=1S/C21H22Cl2N2O5/c1-21(2,3)30-20(29)24-11-16(19(27)28)25-18(26)17-14(22)9-13(10-15(17)23)12-7-5-4-6-8-12/h4-10,16H,11H2,1-3H3,(H,24,29)(H,25,26)(H,27,28)/t16-/m0/s1. The van der Waals surface area contributed by atoms with E-state index in [0.29, 0.717) is 5.56 Å². The van der Waals surface area contributed by atoms with Crippen molar-refractivity contribution in [1.82, 2.24) is 10.6 Å². The summed E-state index contributed by atoms with van der Waals surface area (Å²) in [6.45, 7) is 4.64. The number of hydrogen-bond donors (Lipinski definition) is 3. The van der Waals surface area contributed by atoms with Crippen LogP contribution in [0.5, 0.6) is 0 Å². The van der Waals surface area contributed by atoms with E-state index in [9.17, 15) is 19.5 Å². The highest BCUT2D eigenvalue weighted by Crippen LogP contribution is 2.31. The number of rotatable bonds is 6. The van der Waals surface area contributed by atoms with Gasteiger partial charge in [0.05, 0.1) is 22.2 Å². The molecule has 2 rings (SSSR count). The zero-order chi connectivity index (χ0) is 22.5. The summed E-state index contributed by atoms with van der Waals surface area (Å²) in [5.74, 6) is -2.12. The van der Waals surface area contributed by atoms with Crippen molar-refractivity contribution in [3.8, 4) is 11.1 Å². The lowest BCUT2D eigenvalue weighted by atomic mass is 10.0. The predicted molar refractivity (Wildman–Crippen MR) is 115 cm³/mol. The fourth-order valence-corrected chi connectivity index (χ4v) is 3.18. The summed E-state index contributed by atoms with van der Waals surface area (Å²) in [4.78, 5) is 35.9. The van der Waals surface area contributed by atoms with Crippen molar-refractivity contribution >= 4 is 41.2 Å². The number of ether oxygens (including phenoxy) is 1. The molecule has 0 fully saturated rings. The Kier molecular flexibility index (Phi) is 7.70. The smallest absolute Gasteiger partial charge is 0.407 e. The Bertz CT molecular complexity index is 919. The largest absolute Gasteiger partial charge is 0.480 e. The highest BCUT2D eigenvalue weighted by atomic mass is 35.5. The number of benzene rings is 2. The van der Waals surface area contributed by atoms with Crippen LogP contribution in [0.15, 0.2) is 42.5 Å². The van der Waals surface area contributed by atoms with E-state index in [-0.39, 0.29) is 22.2 Å². The van der Waals surface area contributed by atoms with E-state index in [1.807, 2.05) is 30.3 Å². The molecule has 0 aromatic heterocycles. The summed E-state index contributed by atoms with van der Waals surface area (Å²) in [5.41, 5.74) is 0.774. The van der Waals surface area contributed by atoms with E-state index in [2.05, 4.69) is 10.6 Å². The van der Waals surface area contributed by atoms with Crippen molar-refractivity contribution < 1.29 is 24.2 Å². The maximum absolute atomic E-state index is 12.6. The van der Waals surface area contributed by atoms with Gasteiger partial charge in [-0.2, -0.15) is 0 Å². The molecule has 160 valence electrons. The Morgan fingerprint density at radius 1 is 1.03 bits per heavy atom. The van der Waals surface area contributed by atoms with Gasteiger partial charge in [-0.25, -0.2) is 9.59 Å². The molecular formula is C21H22Cl2N2O5. The summed E-state index contributed by atoms with van der Waals surface area (Å²) in [6, 6.07) is 11.0. The lowest BCUT2D eigenvalue weighted by Gasteiger charge is -2.21. The second-order valence-corrected chi connectivity index (χ2v) is 8.24. The third-order valence-corrected chi connectivity index (χ3v) is 4.43. The minimum atomic E-state index is -1.41. The van der Waals surface area contributed by atoms with Crippen LogP contribution in [-0.2, 0) is 9.53 Å². The van der Waals surface area contributed by atoms with Crippen molar-refractivity contribution in [3.05, 3.63) is 58.1 Å². The molecule has 0 saturated heterocycles. The van der Waals surface area contributed by atoms with Crippen LogP contribution in [0.4, 0.5) is 4.79 Å². The normalized spacial score (nSPS) is 12.0. The maximum atomic E-state index is 12.6. The second-order valence-electron chi connectivity index (χ2n) is 7.43. The summed E-state index contributed by atoms with van der Waals surface area (Å²) in [7, 11) is 0. The van der Waals surface area contributed by atoms with Crippen molar-refractivity contribution in [1.29, 1.82) is 0 Å². The van der Waals surface area contributed by atoms with E-state index < -0.39 is 29.6 Å². The van der Waals surface area contributed by atoms with Crippen molar-refractivity contribution in [2.75, 3.05) is 6.54 Å². The zero-order valence-corrected chi connectivity index (χ0v) is 18.2. The first-order chi connectivity index (χ1) is 14.0. The number of carboxylic acid groups (broad SMARTS) is 1.